The van der Waals surface area contributed by atoms with Crippen molar-refractivity contribution in [2.75, 3.05) is 0 Å². The van der Waals surface area contributed by atoms with Crippen LogP contribution in [0.3, 0.4) is 0 Å². The van der Waals surface area contributed by atoms with Crippen molar-refractivity contribution in [2.45, 2.75) is 24.9 Å². The van der Waals surface area contributed by atoms with E-state index in [2.05, 4.69) is 0 Å². The van der Waals surface area contributed by atoms with Crippen LogP contribution in [0.1, 0.15) is 15.3 Å². The molecule has 0 atom stereocenters. The second-order valence-electron chi connectivity index (χ2n) is 5.34. The SMILES string of the molecule is Cc1cc(S(=O)(=O)N(Cc2cccs2)Cc2cccs2)ccc1F. The predicted molar refractivity (Wildman–Crippen MR) is 96.2 cm³/mol. The Bertz CT molecular complexity index is 867. The second kappa shape index (κ2) is 7.14. The van der Waals surface area contributed by atoms with Gasteiger partial charge in [-0.05, 0) is 53.6 Å². The van der Waals surface area contributed by atoms with Crippen molar-refractivity contribution in [1.29, 1.82) is 0 Å². The summed E-state index contributed by atoms with van der Waals surface area (Å²) in [6.45, 7) is 2.17. The van der Waals surface area contributed by atoms with Crippen LogP contribution in [-0.2, 0) is 23.1 Å². The highest BCUT2D eigenvalue weighted by Gasteiger charge is 2.26. The molecular formula is C17H16FNO2S3. The molecule has 0 saturated carbocycles. The average molecular weight is 382 g/mol. The van der Waals surface area contributed by atoms with E-state index in [0.717, 1.165) is 9.75 Å². The van der Waals surface area contributed by atoms with Crippen LogP contribution >= 0.6 is 22.7 Å². The second-order valence-corrected chi connectivity index (χ2v) is 9.35. The number of hydrogen-bond donors (Lipinski definition) is 0. The number of nitrogens with zero attached hydrogens (tertiary/aromatic N) is 1. The molecule has 1 aromatic carbocycles. The lowest BCUT2D eigenvalue weighted by atomic mass is 10.2. The molecule has 0 amide bonds. The lowest BCUT2D eigenvalue weighted by Gasteiger charge is -2.21. The first-order valence-corrected chi connectivity index (χ1v) is 10.5. The Kier molecular flexibility index (Phi) is 5.15. The minimum atomic E-state index is -3.71. The summed E-state index contributed by atoms with van der Waals surface area (Å²) in [5, 5.41) is 3.85. The maximum absolute atomic E-state index is 13.5. The number of aryl methyl sites for hydroxylation is 1. The summed E-state index contributed by atoms with van der Waals surface area (Å²) >= 11 is 3.04. The number of thiophene rings is 2. The largest absolute Gasteiger partial charge is 0.243 e. The number of rotatable bonds is 6. The van der Waals surface area contributed by atoms with Crippen molar-refractivity contribution >= 4 is 32.7 Å². The normalized spacial score (nSPS) is 12.0. The van der Waals surface area contributed by atoms with Crippen molar-refractivity contribution in [1.82, 2.24) is 4.31 Å². The highest BCUT2D eigenvalue weighted by molar-refractivity contribution is 7.89. The molecule has 24 heavy (non-hydrogen) atoms. The lowest BCUT2D eigenvalue weighted by molar-refractivity contribution is 0.407. The van der Waals surface area contributed by atoms with E-state index in [1.54, 1.807) is 6.92 Å². The quantitative estimate of drug-likeness (QED) is 0.623. The maximum Gasteiger partial charge on any atom is 0.243 e. The van der Waals surface area contributed by atoms with E-state index < -0.39 is 15.8 Å². The Labute approximate surface area is 149 Å². The van der Waals surface area contributed by atoms with E-state index in [0.29, 0.717) is 18.7 Å². The van der Waals surface area contributed by atoms with Gasteiger partial charge in [-0.15, -0.1) is 22.7 Å². The van der Waals surface area contributed by atoms with Crippen molar-refractivity contribution in [2.24, 2.45) is 0 Å². The van der Waals surface area contributed by atoms with E-state index in [-0.39, 0.29) is 4.90 Å². The minimum absolute atomic E-state index is 0.120. The van der Waals surface area contributed by atoms with Crippen LogP contribution in [0.5, 0.6) is 0 Å². The van der Waals surface area contributed by atoms with Gasteiger partial charge >= 0.3 is 0 Å². The van der Waals surface area contributed by atoms with Gasteiger partial charge in [-0.3, -0.25) is 0 Å². The fraction of sp³-hybridized carbons (Fsp3) is 0.176. The Morgan fingerprint density at radius 3 is 2.04 bits per heavy atom. The molecule has 0 unspecified atom stereocenters. The van der Waals surface area contributed by atoms with Crippen LogP contribution in [-0.4, -0.2) is 12.7 Å². The fourth-order valence-electron chi connectivity index (χ4n) is 2.31. The molecule has 0 radical (unpaired) electrons. The molecule has 0 aliphatic heterocycles. The third-order valence-electron chi connectivity index (χ3n) is 3.59. The Hall–Kier alpha value is -1.54. The molecule has 2 aromatic heterocycles. The molecule has 7 heteroatoms. The summed E-state index contributed by atoms with van der Waals surface area (Å²) in [5.41, 5.74) is 0.322. The van der Waals surface area contributed by atoms with Crippen molar-refractivity contribution in [3.8, 4) is 0 Å². The molecular weight excluding hydrogens is 365 g/mol. The third kappa shape index (κ3) is 3.75. The van der Waals surface area contributed by atoms with Gasteiger partial charge in [0.15, 0.2) is 0 Å². The Morgan fingerprint density at radius 2 is 1.58 bits per heavy atom. The van der Waals surface area contributed by atoms with Gasteiger partial charge in [0.2, 0.25) is 10.0 Å². The summed E-state index contributed by atoms with van der Waals surface area (Å²) in [5.74, 6) is -0.406. The minimum Gasteiger partial charge on any atom is -0.207 e. The summed E-state index contributed by atoms with van der Waals surface area (Å²) in [6.07, 6.45) is 0. The zero-order valence-electron chi connectivity index (χ0n) is 13.0. The van der Waals surface area contributed by atoms with Gasteiger partial charge in [-0.2, -0.15) is 4.31 Å². The molecule has 0 spiro atoms. The first-order chi connectivity index (χ1) is 11.5. The zero-order valence-corrected chi connectivity index (χ0v) is 15.4. The van der Waals surface area contributed by atoms with E-state index in [1.807, 2.05) is 35.0 Å². The molecule has 0 saturated heterocycles. The van der Waals surface area contributed by atoms with E-state index in [1.165, 1.54) is 45.2 Å². The highest BCUT2D eigenvalue weighted by Crippen LogP contribution is 2.25. The Balaban J connectivity index is 1.97. The van der Waals surface area contributed by atoms with Gasteiger partial charge in [0.25, 0.3) is 0 Å². The van der Waals surface area contributed by atoms with Crippen molar-refractivity contribution < 1.29 is 12.8 Å². The smallest absolute Gasteiger partial charge is 0.207 e. The molecule has 0 aliphatic rings. The van der Waals surface area contributed by atoms with Crippen molar-refractivity contribution in [3.63, 3.8) is 0 Å². The van der Waals surface area contributed by atoms with Gasteiger partial charge in [-0.1, -0.05) is 12.1 Å². The molecule has 0 N–H and O–H groups in total. The topological polar surface area (TPSA) is 37.4 Å². The number of sulfonamides is 1. The maximum atomic E-state index is 13.5. The molecule has 0 fully saturated rings. The number of halogens is 1. The van der Waals surface area contributed by atoms with E-state index in [4.69, 9.17) is 0 Å². The van der Waals surface area contributed by atoms with Gasteiger partial charge in [0, 0.05) is 22.8 Å². The summed E-state index contributed by atoms with van der Waals surface area (Å²) in [4.78, 5) is 2.05. The molecule has 0 bridgehead atoms. The van der Waals surface area contributed by atoms with Crippen LogP contribution in [0, 0.1) is 12.7 Å². The first-order valence-electron chi connectivity index (χ1n) is 7.28. The van der Waals surface area contributed by atoms with Gasteiger partial charge in [0.1, 0.15) is 5.82 Å². The standard InChI is InChI=1S/C17H16FNO2S3/c1-13-10-16(6-7-17(13)18)24(20,21)19(11-14-4-2-8-22-14)12-15-5-3-9-23-15/h2-10H,11-12H2,1H3. The van der Waals surface area contributed by atoms with E-state index in [9.17, 15) is 12.8 Å². The monoisotopic (exact) mass is 381 g/mol. The van der Waals surface area contributed by atoms with Gasteiger partial charge in [0.05, 0.1) is 4.90 Å². The number of hydrogen-bond acceptors (Lipinski definition) is 4. The third-order valence-corrected chi connectivity index (χ3v) is 7.10. The molecule has 126 valence electrons. The van der Waals surface area contributed by atoms with Crippen LogP contribution < -0.4 is 0 Å². The van der Waals surface area contributed by atoms with Crippen molar-refractivity contribution in [3.05, 3.63) is 74.4 Å². The predicted octanol–water partition coefficient (Wildman–Crippen LogP) is 4.65. The molecule has 2 heterocycles. The van der Waals surface area contributed by atoms with Crippen LogP contribution in [0.2, 0.25) is 0 Å². The highest BCUT2D eigenvalue weighted by atomic mass is 32.2. The summed E-state index contributed by atoms with van der Waals surface area (Å²) in [7, 11) is -3.71. The molecule has 3 rings (SSSR count). The van der Waals surface area contributed by atoms with Crippen LogP contribution in [0.15, 0.2) is 58.1 Å². The summed E-state index contributed by atoms with van der Waals surface area (Å²) in [6, 6.07) is 11.6. The average Bonchev–Trinajstić information content (AvgIpc) is 3.23. The Morgan fingerprint density at radius 1 is 1.00 bits per heavy atom. The molecule has 3 aromatic rings. The van der Waals surface area contributed by atoms with Crippen LogP contribution in [0.4, 0.5) is 4.39 Å². The van der Waals surface area contributed by atoms with Gasteiger partial charge < -0.3 is 0 Å². The molecule has 0 aliphatic carbocycles. The first kappa shape index (κ1) is 17.3. The van der Waals surface area contributed by atoms with Gasteiger partial charge in [-0.25, -0.2) is 12.8 Å². The van der Waals surface area contributed by atoms with Crippen LogP contribution in [0.25, 0.3) is 0 Å². The lowest BCUT2D eigenvalue weighted by Crippen LogP contribution is -2.29. The fourth-order valence-corrected chi connectivity index (χ4v) is 5.39. The zero-order chi connectivity index (χ0) is 17.2. The molecule has 3 nitrogen and oxygen atoms in total. The number of benzene rings is 1. The van der Waals surface area contributed by atoms with E-state index >= 15 is 0 Å². The summed E-state index contributed by atoms with van der Waals surface area (Å²) < 4.78 is 41.1.